The van der Waals surface area contributed by atoms with Crippen molar-refractivity contribution in [3.8, 4) is 5.75 Å². The molecule has 11 heteroatoms. The Morgan fingerprint density at radius 3 is 2.55 bits per heavy atom. The number of aryl methyl sites for hydroxylation is 1. The molecule has 2 aliphatic rings. The van der Waals surface area contributed by atoms with E-state index in [0.717, 1.165) is 62.5 Å². The first-order valence-corrected chi connectivity index (χ1v) is 13.9. The Hall–Kier alpha value is -2.11. The fraction of sp³-hybridized carbons (Fsp3) is 0.591. The molecule has 33 heavy (non-hydrogen) atoms. The van der Waals surface area contributed by atoms with Gasteiger partial charge in [-0.2, -0.15) is 4.31 Å². The number of benzene rings is 1. The molecule has 180 valence electrons. The lowest BCUT2D eigenvalue weighted by atomic mass is 10.2. The number of anilines is 1. The molecule has 0 unspecified atom stereocenters. The lowest BCUT2D eigenvalue weighted by Crippen LogP contribution is -2.32. The third-order valence-corrected chi connectivity index (χ3v) is 8.92. The maximum absolute atomic E-state index is 13.2. The van der Waals surface area contributed by atoms with E-state index in [1.54, 1.807) is 10.4 Å². The first kappa shape index (κ1) is 24.0. The van der Waals surface area contributed by atoms with E-state index in [1.165, 1.54) is 37.4 Å². The molecule has 2 aromatic rings. The number of methoxy groups -OCH3 is 1. The Bertz CT molecular complexity index is 1080. The molecule has 0 atom stereocenters. The number of thioether (sulfide) groups is 1. The van der Waals surface area contributed by atoms with Crippen molar-refractivity contribution in [2.45, 2.75) is 68.0 Å². The summed E-state index contributed by atoms with van der Waals surface area (Å²) in [7, 11) is -2.14. The van der Waals surface area contributed by atoms with Crippen LogP contribution in [-0.4, -0.2) is 59.3 Å². The van der Waals surface area contributed by atoms with E-state index in [2.05, 4.69) is 20.1 Å². The highest BCUT2D eigenvalue weighted by Gasteiger charge is 2.26. The maximum Gasteiger partial charge on any atom is 0.243 e. The maximum atomic E-state index is 13.2. The van der Waals surface area contributed by atoms with E-state index in [0.29, 0.717) is 24.5 Å². The van der Waals surface area contributed by atoms with Crippen molar-refractivity contribution in [1.82, 2.24) is 19.1 Å². The molecule has 0 spiro atoms. The van der Waals surface area contributed by atoms with Crippen molar-refractivity contribution in [1.29, 1.82) is 0 Å². The molecule has 1 amide bonds. The normalized spacial score (nSPS) is 17.6. The summed E-state index contributed by atoms with van der Waals surface area (Å²) in [6.07, 6.45) is 8.09. The van der Waals surface area contributed by atoms with Crippen LogP contribution in [0.5, 0.6) is 5.75 Å². The zero-order chi connectivity index (χ0) is 23.3. The fourth-order valence-corrected chi connectivity index (χ4v) is 6.59. The molecule has 4 rings (SSSR count). The molecule has 1 aromatic carbocycles. The summed E-state index contributed by atoms with van der Waals surface area (Å²) in [5.74, 6) is 1.28. The van der Waals surface area contributed by atoms with Crippen molar-refractivity contribution in [3.63, 3.8) is 0 Å². The van der Waals surface area contributed by atoms with Gasteiger partial charge in [-0.25, -0.2) is 8.42 Å². The van der Waals surface area contributed by atoms with Crippen LogP contribution in [0.2, 0.25) is 0 Å². The second-order valence-electron chi connectivity index (χ2n) is 8.38. The van der Waals surface area contributed by atoms with Crippen LogP contribution in [0.4, 0.5) is 5.69 Å². The molecule has 3 heterocycles. The van der Waals surface area contributed by atoms with Gasteiger partial charge in [0.25, 0.3) is 0 Å². The summed E-state index contributed by atoms with van der Waals surface area (Å²) >= 11 is 1.34. The monoisotopic (exact) mass is 493 g/mol. The number of carbonyl (C=O) groups excluding carboxylic acids is 1. The lowest BCUT2D eigenvalue weighted by molar-refractivity contribution is -0.113. The fourth-order valence-electron chi connectivity index (χ4n) is 4.26. The number of sulfonamides is 1. The number of hydrogen-bond acceptors (Lipinski definition) is 7. The van der Waals surface area contributed by atoms with Crippen LogP contribution in [0.15, 0.2) is 28.3 Å². The number of rotatable bonds is 7. The standard InChI is InChI=1S/C22H31N5O4S2/c1-31-19-11-10-17(33(29,30)26-12-6-2-3-7-13-26)15-18(19)23-21(28)16-32-22-25-24-20-9-5-4-8-14-27(20)22/h10-11,15H,2-9,12-14,16H2,1H3,(H,23,28). The predicted molar refractivity (Wildman–Crippen MR) is 127 cm³/mol. The first-order valence-electron chi connectivity index (χ1n) is 11.5. The average molecular weight is 494 g/mol. The van der Waals surface area contributed by atoms with Crippen molar-refractivity contribution in [3.05, 3.63) is 24.0 Å². The van der Waals surface area contributed by atoms with Crippen molar-refractivity contribution in [2.75, 3.05) is 31.3 Å². The van der Waals surface area contributed by atoms with Gasteiger partial charge in [0.15, 0.2) is 5.16 Å². The number of fused-ring (bicyclic) bond motifs is 1. The largest absolute Gasteiger partial charge is 0.495 e. The Labute approximate surface area is 199 Å². The summed E-state index contributed by atoms with van der Waals surface area (Å²) in [5.41, 5.74) is 0.346. The van der Waals surface area contributed by atoms with Crippen LogP contribution in [0, 0.1) is 0 Å². The molecule has 0 aliphatic carbocycles. The number of ether oxygens (including phenoxy) is 1. The summed E-state index contributed by atoms with van der Waals surface area (Å²) < 4.78 is 35.3. The predicted octanol–water partition coefficient (Wildman–Crippen LogP) is 3.31. The number of carbonyl (C=O) groups is 1. The van der Waals surface area contributed by atoms with Crippen molar-refractivity contribution >= 4 is 33.4 Å². The van der Waals surface area contributed by atoms with E-state index in [4.69, 9.17) is 4.74 Å². The minimum Gasteiger partial charge on any atom is -0.495 e. The highest BCUT2D eigenvalue weighted by molar-refractivity contribution is 7.99. The second-order valence-corrected chi connectivity index (χ2v) is 11.3. The Kier molecular flexibility index (Phi) is 7.92. The molecule has 1 N–H and O–H groups in total. The molecule has 0 radical (unpaired) electrons. The highest BCUT2D eigenvalue weighted by Crippen LogP contribution is 2.30. The van der Waals surface area contributed by atoms with Crippen molar-refractivity contribution < 1.29 is 17.9 Å². The zero-order valence-corrected chi connectivity index (χ0v) is 20.6. The van der Waals surface area contributed by atoms with Gasteiger partial charge in [-0.3, -0.25) is 4.79 Å². The summed E-state index contributed by atoms with van der Waals surface area (Å²) in [6, 6.07) is 4.62. The smallest absolute Gasteiger partial charge is 0.243 e. The third kappa shape index (κ3) is 5.70. The van der Waals surface area contributed by atoms with E-state index in [9.17, 15) is 13.2 Å². The highest BCUT2D eigenvalue weighted by atomic mass is 32.2. The van der Waals surface area contributed by atoms with Gasteiger partial charge < -0.3 is 14.6 Å². The van der Waals surface area contributed by atoms with Gasteiger partial charge >= 0.3 is 0 Å². The molecule has 0 bridgehead atoms. The average Bonchev–Trinajstić information content (AvgIpc) is 3.02. The molecule has 1 saturated heterocycles. The third-order valence-electron chi connectivity index (χ3n) is 6.06. The molecule has 1 fully saturated rings. The second kappa shape index (κ2) is 10.9. The topological polar surface area (TPSA) is 106 Å². The number of aromatic nitrogens is 3. The van der Waals surface area contributed by atoms with Crippen LogP contribution in [0.1, 0.15) is 50.8 Å². The van der Waals surface area contributed by atoms with E-state index in [-0.39, 0.29) is 16.6 Å². The van der Waals surface area contributed by atoms with Crippen LogP contribution >= 0.6 is 11.8 Å². The minimum atomic E-state index is -3.63. The van der Waals surface area contributed by atoms with Gasteiger partial charge in [0, 0.05) is 26.1 Å². The van der Waals surface area contributed by atoms with E-state index >= 15 is 0 Å². The molecule has 9 nitrogen and oxygen atoms in total. The Morgan fingerprint density at radius 1 is 1.06 bits per heavy atom. The lowest BCUT2D eigenvalue weighted by Gasteiger charge is -2.21. The van der Waals surface area contributed by atoms with Crippen LogP contribution < -0.4 is 10.1 Å². The molecule has 0 saturated carbocycles. The van der Waals surface area contributed by atoms with Gasteiger partial charge in [-0.15, -0.1) is 10.2 Å². The van der Waals surface area contributed by atoms with Gasteiger partial charge in [0.05, 0.1) is 23.4 Å². The van der Waals surface area contributed by atoms with Crippen LogP contribution in [0.3, 0.4) is 0 Å². The summed E-state index contributed by atoms with van der Waals surface area (Å²) in [4.78, 5) is 12.9. The first-order chi connectivity index (χ1) is 16.0. The molecular weight excluding hydrogens is 462 g/mol. The van der Waals surface area contributed by atoms with Gasteiger partial charge in [0.1, 0.15) is 11.6 Å². The quantitative estimate of drug-likeness (QED) is 0.590. The number of nitrogens with one attached hydrogen (secondary N) is 1. The summed E-state index contributed by atoms with van der Waals surface area (Å²) in [5, 5.41) is 12.1. The van der Waals surface area contributed by atoms with Gasteiger partial charge in [-0.1, -0.05) is 31.0 Å². The molecule has 1 aromatic heterocycles. The zero-order valence-electron chi connectivity index (χ0n) is 19.0. The SMILES string of the molecule is COc1ccc(S(=O)(=O)N2CCCCCC2)cc1NC(=O)CSc1nnc2n1CCCCC2. The number of hydrogen-bond donors (Lipinski definition) is 1. The van der Waals surface area contributed by atoms with E-state index < -0.39 is 10.0 Å². The Balaban J connectivity index is 1.46. The van der Waals surface area contributed by atoms with E-state index in [1.807, 2.05) is 0 Å². The molecule has 2 aliphatic heterocycles. The minimum absolute atomic E-state index is 0.143. The summed E-state index contributed by atoms with van der Waals surface area (Å²) in [6.45, 7) is 1.92. The number of nitrogens with zero attached hydrogens (tertiary/aromatic N) is 4. The number of amides is 1. The van der Waals surface area contributed by atoms with Crippen LogP contribution in [0.25, 0.3) is 0 Å². The Morgan fingerprint density at radius 2 is 1.79 bits per heavy atom. The van der Waals surface area contributed by atoms with Gasteiger partial charge in [0.2, 0.25) is 15.9 Å². The molecular formula is C22H31N5O4S2. The van der Waals surface area contributed by atoms with Crippen LogP contribution in [-0.2, 0) is 27.8 Å². The van der Waals surface area contributed by atoms with Crippen molar-refractivity contribution in [2.24, 2.45) is 0 Å². The van der Waals surface area contributed by atoms with Gasteiger partial charge in [-0.05, 0) is 43.9 Å².